The minimum absolute atomic E-state index is 0.152. The highest BCUT2D eigenvalue weighted by Gasteiger charge is 2.44. The van der Waals surface area contributed by atoms with Crippen molar-refractivity contribution in [2.45, 2.75) is 69.4 Å². The average Bonchev–Trinajstić information content (AvgIpc) is 3.14. The van der Waals surface area contributed by atoms with Crippen LogP contribution >= 0.6 is 11.6 Å². The largest absolute Gasteiger partial charge is 0.490 e. The van der Waals surface area contributed by atoms with E-state index in [1.54, 1.807) is 25.1 Å². The summed E-state index contributed by atoms with van der Waals surface area (Å²) in [5.41, 5.74) is 3.18. The Labute approximate surface area is 276 Å². The van der Waals surface area contributed by atoms with E-state index in [1.165, 1.54) is 18.2 Å². The highest BCUT2D eigenvalue weighted by Crippen LogP contribution is 2.47. The van der Waals surface area contributed by atoms with Crippen LogP contribution < -0.4 is 19.1 Å². The third kappa shape index (κ3) is 7.07. The van der Waals surface area contributed by atoms with Crippen molar-refractivity contribution in [2.75, 3.05) is 38.3 Å². The SMILES string of the molecule is COC(=O)CCO[C@H]1/C=C/C[C@H](C)NS(=O)(=O)NC(=O)c2ccc3c(c2)N(C[C@@H]2CC[C@H]21)C[C@@]1(CCCc2cc(Cl)ccc21)CO3. The number of nitrogens with one attached hydrogen (secondary N) is 2. The lowest BCUT2D eigenvalue weighted by molar-refractivity contribution is -0.142. The molecule has 2 aliphatic heterocycles. The molecule has 2 aromatic rings. The Kier molecular flexibility index (Phi) is 9.66. The van der Waals surface area contributed by atoms with Gasteiger partial charge in [0.1, 0.15) is 5.75 Å². The molecule has 0 aromatic heterocycles. The predicted molar refractivity (Wildman–Crippen MR) is 176 cm³/mol. The average molecular weight is 672 g/mol. The van der Waals surface area contributed by atoms with E-state index < -0.39 is 22.2 Å². The maximum absolute atomic E-state index is 13.3. The van der Waals surface area contributed by atoms with Crippen LogP contribution in [0.2, 0.25) is 5.02 Å². The van der Waals surface area contributed by atoms with E-state index in [-0.39, 0.29) is 47.9 Å². The molecule has 0 saturated heterocycles. The highest BCUT2D eigenvalue weighted by atomic mass is 35.5. The van der Waals surface area contributed by atoms with Gasteiger partial charge in [-0.1, -0.05) is 29.8 Å². The van der Waals surface area contributed by atoms with Gasteiger partial charge in [0.05, 0.1) is 38.5 Å². The van der Waals surface area contributed by atoms with Gasteiger partial charge in [0, 0.05) is 35.1 Å². The molecule has 248 valence electrons. The normalized spacial score (nSPS) is 29.6. The summed E-state index contributed by atoms with van der Waals surface area (Å²) >= 11 is 6.41. The van der Waals surface area contributed by atoms with E-state index in [0.717, 1.165) is 42.8 Å². The molecule has 2 bridgehead atoms. The van der Waals surface area contributed by atoms with Gasteiger partial charge in [-0.2, -0.15) is 13.1 Å². The fourth-order valence-corrected chi connectivity index (χ4v) is 8.68. The third-order valence-electron chi connectivity index (χ3n) is 9.90. The van der Waals surface area contributed by atoms with Gasteiger partial charge in [0.25, 0.3) is 5.91 Å². The number of carbonyl (C=O) groups is 2. The van der Waals surface area contributed by atoms with Crippen LogP contribution in [0.3, 0.4) is 0 Å². The van der Waals surface area contributed by atoms with Crippen molar-refractivity contribution in [2.24, 2.45) is 11.8 Å². The van der Waals surface area contributed by atoms with Crippen molar-refractivity contribution in [3.8, 4) is 5.75 Å². The number of anilines is 1. The summed E-state index contributed by atoms with van der Waals surface area (Å²) < 4.78 is 48.2. The molecule has 5 atom stereocenters. The van der Waals surface area contributed by atoms with E-state index in [1.807, 2.05) is 18.2 Å². The zero-order valence-corrected chi connectivity index (χ0v) is 27.9. The Morgan fingerprint density at radius 2 is 2.04 bits per heavy atom. The number of amides is 1. The number of aryl methyl sites for hydroxylation is 1. The molecule has 10 nitrogen and oxygen atoms in total. The lowest BCUT2D eigenvalue weighted by Gasteiger charge is -2.46. The summed E-state index contributed by atoms with van der Waals surface area (Å²) in [5.74, 6) is 0.101. The number of carbonyl (C=O) groups excluding carboxylic acids is 2. The third-order valence-corrected chi connectivity index (χ3v) is 11.3. The summed E-state index contributed by atoms with van der Waals surface area (Å²) in [6.07, 6.45) is 9.09. The van der Waals surface area contributed by atoms with Crippen molar-refractivity contribution in [1.29, 1.82) is 0 Å². The van der Waals surface area contributed by atoms with E-state index >= 15 is 0 Å². The fraction of sp³-hybridized carbons (Fsp3) is 0.529. The molecule has 1 amide bonds. The van der Waals surface area contributed by atoms with Gasteiger partial charge in [-0.05, 0) is 98.7 Å². The Morgan fingerprint density at radius 1 is 1.20 bits per heavy atom. The monoisotopic (exact) mass is 671 g/mol. The number of esters is 1. The molecule has 1 fully saturated rings. The molecule has 6 rings (SSSR count). The van der Waals surface area contributed by atoms with Crippen LogP contribution in [0.15, 0.2) is 48.6 Å². The number of methoxy groups -OCH3 is 1. The number of rotatable bonds is 4. The quantitative estimate of drug-likeness (QED) is 0.354. The second kappa shape index (κ2) is 13.5. The van der Waals surface area contributed by atoms with Gasteiger partial charge in [-0.15, -0.1) is 0 Å². The van der Waals surface area contributed by atoms with Gasteiger partial charge in [0.2, 0.25) is 0 Å². The Bertz CT molecular complexity index is 1620. The number of benzene rings is 2. The van der Waals surface area contributed by atoms with Crippen LogP contribution in [-0.2, 0) is 36.3 Å². The first-order valence-corrected chi connectivity index (χ1v) is 17.9. The highest BCUT2D eigenvalue weighted by molar-refractivity contribution is 7.88. The van der Waals surface area contributed by atoms with Gasteiger partial charge < -0.3 is 19.1 Å². The summed E-state index contributed by atoms with van der Waals surface area (Å²) in [5, 5.41) is 0.719. The molecular weight excluding hydrogens is 630 g/mol. The summed E-state index contributed by atoms with van der Waals surface area (Å²) in [6.45, 7) is 3.82. The molecule has 2 aromatic carbocycles. The van der Waals surface area contributed by atoms with E-state index in [9.17, 15) is 18.0 Å². The predicted octanol–water partition coefficient (Wildman–Crippen LogP) is 4.70. The van der Waals surface area contributed by atoms with E-state index in [4.69, 9.17) is 25.8 Å². The van der Waals surface area contributed by atoms with Crippen molar-refractivity contribution >= 4 is 39.4 Å². The van der Waals surface area contributed by atoms with Crippen molar-refractivity contribution in [3.63, 3.8) is 0 Å². The molecule has 2 heterocycles. The molecule has 46 heavy (non-hydrogen) atoms. The number of ether oxygens (including phenoxy) is 3. The molecule has 4 aliphatic rings. The molecule has 2 aliphatic carbocycles. The van der Waals surface area contributed by atoms with Crippen LogP contribution in [-0.4, -0.2) is 65.9 Å². The molecular formula is C34H42ClN3O7S. The zero-order chi connectivity index (χ0) is 32.5. The smallest absolute Gasteiger partial charge is 0.307 e. The first-order chi connectivity index (χ1) is 22.1. The van der Waals surface area contributed by atoms with Gasteiger partial charge in [-0.25, -0.2) is 4.72 Å². The molecule has 12 heteroatoms. The lowest BCUT2D eigenvalue weighted by atomic mass is 9.68. The molecule has 0 unspecified atom stereocenters. The topological polar surface area (TPSA) is 123 Å². The minimum atomic E-state index is -4.13. The van der Waals surface area contributed by atoms with Gasteiger partial charge in [0.15, 0.2) is 0 Å². The van der Waals surface area contributed by atoms with Gasteiger partial charge in [-0.3, -0.25) is 9.59 Å². The number of fused-ring (bicyclic) bond motifs is 4. The molecule has 1 saturated carbocycles. The van der Waals surface area contributed by atoms with Crippen LogP contribution in [0.25, 0.3) is 0 Å². The summed E-state index contributed by atoms with van der Waals surface area (Å²) in [7, 11) is -2.77. The molecule has 2 N–H and O–H groups in total. The second-order valence-corrected chi connectivity index (χ2v) is 15.0. The zero-order valence-electron chi connectivity index (χ0n) is 26.3. The van der Waals surface area contributed by atoms with E-state index in [0.29, 0.717) is 31.9 Å². The van der Waals surface area contributed by atoms with Crippen molar-refractivity contribution in [3.05, 3.63) is 70.3 Å². The molecule has 1 spiro atoms. The van der Waals surface area contributed by atoms with Crippen molar-refractivity contribution < 1.29 is 32.2 Å². The van der Waals surface area contributed by atoms with Crippen LogP contribution in [0.5, 0.6) is 5.75 Å². The summed E-state index contributed by atoms with van der Waals surface area (Å²) in [6, 6.07) is 10.8. The number of nitrogens with zero attached hydrogens (tertiary/aromatic N) is 1. The first kappa shape index (κ1) is 32.8. The fourth-order valence-electron chi connectivity index (χ4n) is 7.43. The Hall–Kier alpha value is -3.12. The summed E-state index contributed by atoms with van der Waals surface area (Å²) in [4.78, 5) is 27.4. The van der Waals surface area contributed by atoms with Crippen molar-refractivity contribution in [1.82, 2.24) is 9.44 Å². The van der Waals surface area contributed by atoms with Crippen LogP contribution in [0.1, 0.15) is 66.9 Å². The number of halogens is 1. The van der Waals surface area contributed by atoms with Crippen LogP contribution in [0.4, 0.5) is 5.69 Å². The Morgan fingerprint density at radius 3 is 2.83 bits per heavy atom. The lowest BCUT2D eigenvalue weighted by Crippen LogP contribution is -2.49. The first-order valence-electron chi connectivity index (χ1n) is 16.1. The number of hydrogen-bond acceptors (Lipinski definition) is 8. The van der Waals surface area contributed by atoms with Crippen LogP contribution in [0, 0.1) is 11.8 Å². The molecule has 0 radical (unpaired) electrons. The second-order valence-electron chi connectivity index (χ2n) is 13.1. The standard InChI is InChI=1S/C34H42ClN3O7S/c1-22-5-3-7-30(44-16-14-32(39)43-2)27-11-8-25(27)19-38-20-34(15-4-6-23-17-26(35)10-12-28(23)34)21-45-31-13-9-24(18-29(31)38)33(40)37-46(41,42)36-22/h3,7,9-10,12-13,17-18,22,25,27,30,36H,4-6,8,11,14-16,19-21H2,1-2H3,(H,37,40)/b7-3+/t22-,25-,27+,30-,34-/m0/s1. The van der Waals surface area contributed by atoms with Gasteiger partial charge >= 0.3 is 16.2 Å². The minimum Gasteiger partial charge on any atom is -0.490 e. The van der Waals surface area contributed by atoms with E-state index in [2.05, 4.69) is 26.5 Å². The maximum Gasteiger partial charge on any atom is 0.307 e. The maximum atomic E-state index is 13.3. The Balaban J connectivity index is 1.38. The number of hydrogen-bond donors (Lipinski definition) is 2.